The van der Waals surface area contributed by atoms with Crippen molar-refractivity contribution in [2.75, 3.05) is 37.7 Å². The van der Waals surface area contributed by atoms with Gasteiger partial charge in [0.25, 0.3) is 5.91 Å². The molecule has 0 bridgehead atoms. The first-order chi connectivity index (χ1) is 13.1. The predicted octanol–water partition coefficient (Wildman–Crippen LogP) is 4.04. The van der Waals surface area contributed by atoms with Gasteiger partial charge in [0, 0.05) is 36.7 Å². The van der Waals surface area contributed by atoms with Crippen molar-refractivity contribution < 1.29 is 4.79 Å². The monoisotopic (exact) mass is 415 g/mol. The lowest BCUT2D eigenvalue weighted by atomic mass is 10.2. The van der Waals surface area contributed by atoms with E-state index in [9.17, 15) is 4.79 Å². The van der Waals surface area contributed by atoms with E-state index in [4.69, 9.17) is 12.2 Å². The van der Waals surface area contributed by atoms with Crippen molar-refractivity contribution in [3.8, 4) is 0 Å². The molecule has 0 atom stereocenters. The summed E-state index contributed by atoms with van der Waals surface area (Å²) in [5.41, 5.74) is 2.56. The summed E-state index contributed by atoms with van der Waals surface area (Å²) >= 11 is 8.50. The number of thiophene rings is 1. The van der Waals surface area contributed by atoms with E-state index >= 15 is 0 Å². The Labute approximate surface area is 173 Å². The van der Waals surface area contributed by atoms with E-state index < -0.39 is 0 Å². The molecular formula is C20H21N3OS3. The van der Waals surface area contributed by atoms with Crippen LogP contribution in [-0.4, -0.2) is 52.9 Å². The summed E-state index contributed by atoms with van der Waals surface area (Å²) in [6, 6.07) is 12.6. The summed E-state index contributed by atoms with van der Waals surface area (Å²) in [7, 11) is 0. The van der Waals surface area contributed by atoms with Gasteiger partial charge in [0.05, 0.1) is 11.6 Å². The van der Waals surface area contributed by atoms with Crippen molar-refractivity contribution in [2.45, 2.75) is 6.92 Å². The Kier molecular flexibility index (Phi) is 5.63. The average molecular weight is 416 g/mol. The number of amides is 1. The fourth-order valence-corrected chi connectivity index (χ4v) is 5.26. The van der Waals surface area contributed by atoms with Gasteiger partial charge in [0.15, 0.2) is 0 Å². The molecule has 7 heteroatoms. The molecule has 27 heavy (non-hydrogen) atoms. The third-order valence-corrected chi connectivity index (χ3v) is 6.97. The number of hydrogen-bond donors (Lipinski definition) is 0. The van der Waals surface area contributed by atoms with E-state index in [2.05, 4.69) is 41.0 Å². The Morgan fingerprint density at radius 2 is 1.96 bits per heavy atom. The maximum atomic E-state index is 12.8. The number of carbonyl (C=O) groups excluding carboxylic acids is 1. The van der Waals surface area contributed by atoms with Gasteiger partial charge in [0.1, 0.15) is 4.32 Å². The number of anilines is 1. The first kappa shape index (κ1) is 18.7. The highest BCUT2D eigenvalue weighted by molar-refractivity contribution is 8.26. The summed E-state index contributed by atoms with van der Waals surface area (Å²) in [5.74, 6) is 0.0273. The van der Waals surface area contributed by atoms with Crippen LogP contribution in [-0.2, 0) is 4.79 Å². The fraction of sp³-hybridized carbons (Fsp3) is 0.300. The largest absolute Gasteiger partial charge is 0.369 e. The molecule has 1 amide bonds. The van der Waals surface area contributed by atoms with Gasteiger partial charge < -0.3 is 4.90 Å². The molecule has 0 spiro atoms. The molecule has 2 aliphatic rings. The summed E-state index contributed by atoms with van der Waals surface area (Å²) in [4.78, 5) is 21.0. The van der Waals surface area contributed by atoms with E-state index in [1.54, 1.807) is 16.2 Å². The molecule has 1 aromatic heterocycles. The van der Waals surface area contributed by atoms with Crippen molar-refractivity contribution >= 4 is 57.3 Å². The molecule has 4 rings (SSSR count). The Hall–Kier alpha value is -1.67. The van der Waals surface area contributed by atoms with E-state index in [1.807, 2.05) is 23.6 Å². The molecule has 0 radical (unpaired) electrons. The van der Waals surface area contributed by atoms with Crippen molar-refractivity contribution in [3.05, 3.63) is 57.1 Å². The minimum atomic E-state index is 0.0273. The molecule has 2 fully saturated rings. The molecule has 0 unspecified atom stereocenters. The number of nitrogens with zero attached hydrogens (tertiary/aromatic N) is 3. The maximum Gasteiger partial charge on any atom is 0.267 e. The van der Waals surface area contributed by atoms with Gasteiger partial charge in [0.2, 0.25) is 0 Å². The summed E-state index contributed by atoms with van der Waals surface area (Å²) in [6.07, 6.45) is 1.94. The van der Waals surface area contributed by atoms with Gasteiger partial charge in [-0.05, 0) is 42.1 Å². The topological polar surface area (TPSA) is 26.8 Å². The van der Waals surface area contributed by atoms with Crippen LogP contribution in [0.2, 0.25) is 0 Å². The molecule has 2 aliphatic heterocycles. The highest BCUT2D eigenvalue weighted by atomic mass is 32.2. The van der Waals surface area contributed by atoms with Crippen LogP contribution in [0.4, 0.5) is 5.69 Å². The molecule has 3 heterocycles. The van der Waals surface area contributed by atoms with Crippen LogP contribution in [0.15, 0.2) is 46.7 Å². The van der Waals surface area contributed by atoms with Crippen LogP contribution in [0, 0.1) is 6.92 Å². The van der Waals surface area contributed by atoms with Crippen molar-refractivity contribution in [1.82, 2.24) is 9.80 Å². The molecule has 1 aromatic carbocycles. The Bertz CT molecular complexity index is 870. The SMILES string of the molecule is Cc1cccc(N2CCN(CN3C(=O)/C(=C/c4cccs4)SC3=S)CC2)c1. The van der Waals surface area contributed by atoms with Gasteiger partial charge in [-0.2, -0.15) is 0 Å². The highest BCUT2D eigenvalue weighted by Crippen LogP contribution is 2.33. The lowest BCUT2D eigenvalue weighted by Gasteiger charge is -2.37. The number of rotatable bonds is 4. The second-order valence-corrected chi connectivity index (χ2v) is 9.37. The van der Waals surface area contributed by atoms with Gasteiger partial charge in [-0.3, -0.25) is 14.6 Å². The number of benzene rings is 1. The Morgan fingerprint density at radius 1 is 1.15 bits per heavy atom. The van der Waals surface area contributed by atoms with Crippen molar-refractivity contribution in [2.24, 2.45) is 0 Å². The van der Waals surface area contributed by atoms with E-state index in [1.165, 1.54) is 23.0 Å². The molecule has 2 saturated heterocycles. The first-order valence-electron chi connectivity index (χ1n) is 8.93. The Balaban J connectivity index is 1.36. The number of thioether (sulfide) groups is 1. The summed E-state index contributed by atoms with van der Waals surface area (Å²) in [6.45, 7) is 6.48. The van der Waals surface area contributed by atoms with Crippen LogP contribution >= 0.6 is 35.3 Å². The van der Waals surface area contributed by atoms with Crippen LogP contribution in [0.25, 0.3) is 6.08 Å². The minimum absolute atomic E-state index is 0.0273. The van der Waals surface area contributed by atoms with Gasteiger partial charge in [-0.25, -0.2) is 0 Å². The lowest BCUT2D eigenvalue weighted by molar-refractivity contribution is -0.123. The van der Waals surface area contributed by atoms with E-state index in [0.717, 1.165) is 36.0 Å². The van der Waals surface area contributed by atoms with Gasteiger partial charge in [-0.15, -0.1) is 11.3 Å². The normalized spacial score (nSPS) is 20.1. The van der Waals surface area contributed by atoms with Crippen molar-refractivity contribution in [1.29, 1.82) is 0 Å². The number of aryl methyl sites for hydroxylation is 1. The number of hydrogen-bond acceptors (Lipinski definition) is 6. The first-order valence-corrected chi connectivity index (χ1v) is 11.0. The molecule has 4 nitrogen and oxygen atoms in total. The zero-order valence-corrected chi connectivity index (χ0v) is 17.6. The number of thiocarbonyl (C=S) groups is 1. The lowest BCUT2D eigenvalue weighted by Crippen LogP contribution is -2.50. The number of piperazine rings is 1. The van der Waals surface area contributed by atoms with E-state index in [0.29, 0.717) is 11.0 Å². The summed E-state index contributed by atoms with van der Waals surface area (Å²) < 4.78 is 0.656. The predicted molar refractivity (Wildman–Crippen MR) is 119 cm³/mol. The van der Waals surface area contributed by atoms with Crippen molar-refractivity contribution in [3.63, 3.8) is 0 Å². The van der Waals surface area contributed by atoms with Crippen LogP contribution in [0.5, 0.6) is 0 Å². The number of carbonyl (C=O) groups is 1. The highest BCUT2D eigenvalue weighted by Gasteiger charge is 2.33. The third kappa shape index (κ3) is 4.27. The third-order valence-electron chi connectivity index (χ3n) is 4.77. The zero-order chi connectivity index (χ0) is 18.8. The average Bonchev–Trinajstić information content (AvgIpc) is 3.27. The minimum Gasteiger partial charge on any atom is -0.369 e. The molecule has 0 saturated carbocycles. The quantitative estimate of drug-likeness (QED) is 0.555. The molecular weight excluding hydrogens is 394 g/mol. The van der Waals surface area contributed by atoms with Crippen LogP contribution < -0.4 is 4.90 Å². The van der Waals surface area contributed by atoms with Crippen LogP contribution in [0.3, 0.4) is 0 Å². The summed E-state index contributed by atoms with van der Waals surface area (Å²) in [5, 5.41) is 2.01. The second-order valence-electron chi connectivity index (χ2n) is 6.71. The Morgan fingerprint density at radius 3 is 2.67 bits per heavy atom. The molecule has 2 aromatic rings. The fourth-order valence-electron chi connectivity index (χ4n) is 3.30. The molecule has 140 valence electrons. The molecule has 0 aliphatic carbocycles. The smallest absolute Gasteiger partial charge is 0.267 e. The second kappa shape index (κ2) is 8.14. The maximum absolute atomic E-state index is 12.8. The van der Waals surface area contributed by atoms with Gasteiger partial charge in [-0.1, -0.05) is 42.2 Å². The van der Waals surface area contributed by atoms with Gasteiger partial charge >= 0.3 is 0 Å². The molecule has 0 N–H and O–H groups in total. The zero-order valence-electron chi connectivity index (χ0n) is 15.1. The van der Waals surface area contributed by atoms with E-state index in [-0.39, 0.29) is 5.91 Å². The van der Waals surface area contributed by atoms with Crippen LogP contribution in [0.1, 0.15) is 10.4 Å². The standard InChI is InChI=1S/C20H21N3OS3/c1-15-4-2-5-16(12-15)22-9-7-21(8-10-22)14-23-19(24)18(27-20(23)25)13-17-6-3-11-26-17/h2-6,11-13H,7-10,14H2,1H3/b18-13-.